The van der Waals surface area contributed by atoms with Gasteiger partial charge in [0.05, 0.1) is 25.3 Å². The molecule has 7 nitrogen and oxygen atoms in total. The summed E-state index contributed by atoms with van der Waals surface area (Å²) in [7, 11) is 3.14. The van der Waals surface area contributed by atoms with Crippen molar-refractivity contribution in [1.82, 2.24) is 9.88 Å². The number of hydrogen-bond acceptors (Lipinski definition) is 6. The van der Waals surface area contributed by atoms with Crippen LogP contribution >= 0.6 is 0 Å². The van der Waals surface area contributed by atoms with Crippen LogP contribution in [-0.4, -0.2) is 49.1 Å². The lowest BCUT2D eigenvalue weighted by molar-refractivity contribution is -0.134. The molecule has 0 unspecified atom stereocenters. The van der Waals surface area contributed by atoms with Crippen LogP contribution < -0.4 is 9.47 Å². The third-order valence-corrected chi connectivity index (χ3v) is 5.43. The second kappa shape index (κ2) is 10.8. The van der Waals surface area contributed by atoms with E-state index in [-0.39, 0.29) is 18.4 Å². The van der Waals surface area contributed by atoms with Gasteiger partial charge in [-0.05, 0) is 42.7 Å². The van der Waals surface area contributed by atoms with Gasteiger partial charge in [-0.2, -0.15) is 0 Å². The number of carbonyl (C=O) groups is 2. The highest BCUT2D eigenvalue weighted by atomic mass is 16.5. The summed E-state index contributed by atoms with van der Waals surface area (Å²) in [6, 6.07) is 14.7. The van der Waals surface area contributed by atoms with Crippen LogP contribution in [0.4, 0.5) is 0 Å². The molecule has 1 aromatic heterocycles. The zero-order chi connectivity index (χ0) is 24.0. The molecule has 3 aromatic rings. The second-order valence-corrected chi connectivity index (χ2v) is 7.94. The summed E-state index contributed by atoms with van der Waals surface area (Å²) in [6.45, 7) is 6.41. The standard InChI is InChI=1S/C26H30N2O5/c1-6-28(15-18-11-12-23(31-4)24(13-18)32-5)25(29)16-33-26(30)20-14-22(17(2)3)27-21-10-8-7-9-19(20)21/h7-14,17H,6,15-16H2,1-5H3. The molecule has 0 radical (unpaired) electrons. The van der Waals surface area contributed by atoms with Gasteiger partial charge in [-0.3, -0.25) is 9.78 Å². The minimum absolute atomic E-state index is 0.153. The summed E-state index contributed by atoms with van der Waals surface area (Å²) in [5.41, 5.74) is 2.83. The lowest BCUT2D eigenvalue weighted by Crippen LogP contribution is -2.34. The van der Waals surface area contributed by atoms with Gasteiger partial charge in [-0.25, -0.2) is 4.79 Å². The highest BCUT2D eigenvalue weighted by Gasteiger charge is 2.19. The average molecular weight is 451 g/mol. The lowest BCUT2D eigenvalue weighted by atomic mass is 10.0. The molecule has 33 heavy (non-hydrogen) atoms. The first-order valence-corrected chi connectivity index (χ1v) is 10.9. The SMILES string of the molecule is CCN(Cc1ccc(OC)c(OC)c1)C(=O)COC(=O)c1cc(C(C)C)nc2ccccc12. The summed E-state index contributed by atoms with van der Waals surface area (Å²) in [4.78, 5) is 32.0. The monoisotopic (exact) mass is 450 g/mol. The number of hydrogen-bond donors (Lipinski definition) is 0. The van der Waals surface area contributed by atoms with Crippen molar-refractivity contribution in [2.45, 2.75) is 33.2 Å². The molecule has 0 aliphatic carbocycles. The predicted octanol–water partition coefficient (Wildman–Crippen LogP) is 4.58. The minimum atomic E-state index is -0.536. The van der Waals surface area contributed by atoms with Crippen molar-refractivity contribution < 1.29 is 23.8 Å². The molecule has 7 heteroatoms. The van der Waals surface area contributed by atoms with Gasteiger partial charge in [0.25, 0.3) is 5.91 Å². The molecule has 0 aliphatic heterocycles. The first kappa shape index (κ1) is 24.0. The van der Waals surface area contributed by atoms with Crippen molar-refractivity contribution in [2.24, 2.45) is 0 Å². The molecule has 2 aromatic carbocycles. The average Bonchev–Trinajstić information content (AvgIpc) is 2.84. The summed E-state index contributed by atoms with van der Waals surface area (Å²) in [5.74, 6) is 0.555. The number of esters is 1. The number of benzene rings is 2. The van der Waals surface area contributed by atoms with E-state index in [4.69, 9.17) is 14.2 Å². The van der Waals surface area contributed by atoms with E-state index in [1.54, 1.807) is 31.3 Å². The van der Waals surface area contributed by atoms with E-state index >= 15 is 0 Å². The fraction of sp³-hybridized carbons (Fsp3) is 0.346. The van der Waals surface area contributed by atoms with E-state index in [0.29, 0.717) is 35.5 Å². The third kappa shape index (κ3) is 5.61. The molecule has 0 atom stereocenters. The number of rotatable bonds is 9. The van der Waals surface area contributed by atoms with Crippen LogP contribution in [-0.2, 0) is 16.1 Å². The number of aromatic nitrogens is 1. The molecule has 0 spiro atoms. The van der Waals surface area contributed by atoms with Crippen molar-refractivity contribution in [1.29, 1.82) is 0 Å². The van der Waals surface area contributed by atoms with Crippen LogP contribution in [0, 0.1) is 0 Å². The van der Waals surface area contributed by atoms with Gasteiger partial charge in [-0.1, -0.05) is 38.1 Å². The predicted molar refractivity (Wildman–Crippen MR) is 127 cm³/mol. The quantitative estimate of drug-likeness (QED) is 0.444. The Hall–Kier alpha value is -3.61. The maximum absolute atomic E-state index is 12.9. The number of likely N-dealkylation sites (N-methyl/N-ethyl adjacent to an activating group) is 1. The van der Waals surface area contributed by atoms with Gasteiger partial charge >= 0.3 is 5.97 Å². The first-order chi connectivity index (χ1) is 15.9. The number of amides is 1. The second-order valence-electron chi connectivity index (χ2n) is 7.94. The Balaban J connectivity index is 1.72. The van der Waals surface area contributed by atoms with Crippen molar-refractivity contribution >= 4 is 22.8 Å². The van der Waals surface area contributed by atoms with E-state index < -0.39 is 5.97 Å². The Morgan fingerprint density at radius 2 is 1.73 bits per heavy atom. The van der Waals surface area contributed by atoms with Gasteiger partial charge in [0.15, 0.2) is 18.1 Å². The van der Waals surface area contributed by atoms with E-state index in [2.05, 4.69) is 4.98 Å². The van der Waals surface area contributed by atoms with E-state index in [9.17, 15) is 9.59 Å². The van der Waals surface area contributed by atoms with Crippen LogP contribution in [0.15, 0.2) is 48.5 Å². The van der Waals surface area contributed by atoms with E-state index in [1.165, 1.54) is 0 Å². The Kier molecular flexibility index (Phi) is 7.87. The smallest absolute Gasteiger partial charge is 0.339 e. The van der Waals surface area contributed by atoms with Crippen LogP contribution in [0.2, 0.25) is 0 Å². The van der Waals surface area contributed by atoms with E-state index in [1.807, 2.05) is 57.2 Å². The summed E-state index contributed by atoms with van der Waals surface area (Å²) in [5, 5.41) is 0.706. The molecule has 1 amide bonds. The minimum Gasteiger partial charge on any atom is -0.493 e. The van der Waals surface area contributed by atoms with Gasteiger partial charge in [0.1, 0.15) is 0 Å². The van der Waals surface area contributed by atoms with Crippen molar-refractivity contribution in [3.05, 3.63) is 65.4 Å². The van der Waals surface area contributed by atoms with Crippen molar-refractivity contribution in [3.63, 3.8) is 0 Å². The number of nitrogens with zero attached hydrogens (tertiary/aromatic N) is 2. The zero-order valence-corrected chi connectivity index (χ0v) is 19.8. The third-order valence-electron chi connectivity index (χ3n) is 5.43. The molecule has 0 saturated carbocycles. The molecule has 174 valence electrons. The molecule has 1 heterocycles. The normalized spacial score (nSPS) is 10.8. The highest BCUT2D eigenvalue weighted by Crippen LogP contribution is 2.28. The Morgan fingerprint density at radius 1 is 1.00 bits per heavy atom. The molecule has 0 N–H and O–H groups in total. The van der Waals surface area contributed by atoms with Crippen LogP contribution in [0.5, 0.6) is 11.5 Å². The molecule has 0 bridgehead atoms. The number of para-hydroxylation sites is 1. The molecule has 3 rings (SSSR count). The van der Waals surface area contributed by atoms with Crippen molar-refractivity contribution in [2.75, 3.05) is 27.4 Å². The summed E-state index contributed by atoms with van der Waals surface area (Å²) >= 11 is 0. The molecule has 0 fully saturated rings. The number of carbonyl (C=O) groups excluding carboxylic acids is 2. The maximum atomic E-state index is 12.9. The van der Waals surface area contributed by atoms with Gasteiger partial charge in [0, 0.05) is 24.2 Å². The van der Waals surface area contributed by atoms with Gasteiger partial charge in [0.2, 0.25) is 0 Å². The largest absolute Gasteiger partial charge is 0.493 e. The van der Waals surface area contributed by atoms with Gasteiger partial charge < -0.3 is 19.1 Å². The Bertz CT molecular complexity index is 1140. The molecular weight excluding hydrogens is 420 g/mol. The summed E-state index contributed by atoms with van der Waals surface area (Å²) in [6.07, 6.45) is 0. The summed E-state index contributed by atoms with van der Waals surface area (Å²) < 4.78 is 16.0. The van der Waals surface area contributed by atoms with Crippen molar-refractivity contribution in [3.8, 4) is 11.5 Å². The van der Waals surface area contributed by atoms with Crippen LogP contribution in [0.3, 0.4) is 0 Å². The first-order valence-electron chi connectivity index (χ1n) is 10.9. The van der Waals surface area contributed by atoms with E-state index in [0.717, 1.165) is 16.8 Å². The van der Waals surface area contributed by atoms with Gasteiger partial charge in [-0.15, -0.1) is 0 Å². The number of methoxy groups -OCH3 is 2. The van der Waals surface area contributed by atoms with Crippen LogP contribution in [0.25, 0.3) is 10.9 Å². The molecule has 0 saturated heterocycles. The Labute approximate surface area is 194 Å². The molecular formula is C26H30N2O5. The van der Waals surface area contributed by atoms with Crippen LogP contribution in [0.1, 0.15) is 48.3 Å². The lowest BCUT2D eigenvalue weighted by Gasteiger charge is -2.21. The zero-order valence-electron chi connectivity index (χ0n) is 19.8. The number of pyridine rings is 1. The highest BCUT2D eigenvalue weighted by molar-refractivity contribution is 6.04. The Morgan fingerprint density at radius 3 is 2.39 bits per heavy atom. The molecule has 0 aliphatic rings. The topological polar surface area (TPSA) is 78.0 Å². The fourth-order valence-corrected chi connectivity index (χ4v) is 3.53. The maximum Gasteiger partial charge on any atom is 0.339 e. The number of fused-ring (bicyclic) bond motifs is 1. The number of ether oxygens (including phenoxy) is 3. The fourth-order valence-electron chi connectivity index (χ4n) is 3.53.